The van der Waals surface area contributed by atoms with Crippen LogP contribution >= 0.6 is 0 Å². The van der Waals surface area contributed by atoms with Crippen LogP contribution in [0.4, 0.5) is 0 Å². The monoisotopic (exact) mass is 204 g/mol. The van der Waals surface area contributed by atoms with Crippen molar-refractivity contribution >= 4 is 5.97 Å². The first-order valence-corrected chi connectivity index (χ1v) is 4.85. The Morgan fingerprint density at radius 2 is 2.53 bits per heavy atom. The summed E-state index contributed by atoms with van der Waals surface area (Å²) >= 11 is 0. The Kier molecular flexibility index (Phi) is 2.97. The number of rotatable bonds is 3. The molecule has 0 aliphatic carbocycles. The molecule has 0 spiro atoms. The van der Waals surface area contributed by atoms with Gasteiger partial charge in [-0.3, -0.25) is 4.98 Å². The van der Waals surface area contributed by atoms with Gasteiger partial charge in [-0.2, -0.15) is 0 Å². The third kappa shape index (κ3) is 2.56. The molecule has 1 aromatic rings. The van der Waals surface area contributed by atoms with E-state index in [0.717, 1.165) is 5.56 Å². The fourth-order valence-corrected chi connectivity index (χ4v) is 1.37. The summed E-state index contributed by atoms with van der Waals surface area (Å²) in [5.41, 5.74) is 1.79. The lowest BCUT2D eigenvalue weighted by molar-refractivity contribution is -0.135. The maximum Gasteiger partial charge on any atom is 0.335 e. The molecule has 4 nitrogen and oxygen atoms in total. The van der Waals surface area contributed by atoms with Crippen LogP contribution in [0.1, 0.15) is 12.0 Å². The number of pyridine rings is 1. The molecule has 0 unspecified atom stereocenters. The minimum Gasteiger partial charge on any atom is -0.462 e. The van der Waals surface area contributed by atoms with E-state index in [4.69, 9.17) is 4.74 Å². The maximum absolute atomic E-state index is 11.1. The fraction of sp³-hybridized carbons (Fsp3) is 0.273. The average Bonchev–Trinajstić information content (AvgIpc) is 2.66. The summed E-state index contributed by atoms with van der Waals surface area (Å²) in [6.07, 6.45) is 5.94. The van der Waals surface area contributed by atoms with E-state index in [2.05, 4.69) is 10.3 Å². The second-order valence-corrected chi connectivity index (χ2v) is 3.30. The summed E-state index contributed by atoms with van der Waals surface area (Å²) in [6.45, 7) is 1.17. The van der Waals surface area contributed by atoms with Crippen LogP contribution in [0.2, 0.25) is 0 Å². The van der Waals surface area contributed by atoms with Gasteiger partial charge in [0.2, 0.25) is 0 Å². The molecule has 4 heteroatoms. The van der Waals surface area contributed by atoms with Crippen molar-refractivity contribution in [1.82, 2.24) is 10.3 Å². The maximum atomic E-state index is 11.1. The van der Waals surface area contributed by atoms with Gasteiger partial charge >= 0.3 is 5.97 Å². The Balaban J connectivity index is 1.87. The summed E-state index contributed by atoms with van der Waals surface area (Å²) in [6, 6.07) is 3.86. The Morgan fingerprint density at radius 1 is 1.60 bits per heavy atom. The minimum absolute atomic E-state index is 0.214. The zero-order valence-corrected chi connectivity index (χ0v) is 8.27. The number of hydrogen-bond donors (Lipinski definition) is 1. The van der Waals surface area contributed by atoms with Gasteiger partial charge in [-0.05, 0) is 11.6 Å². The molecule has 15 heavy (non-hydrogen) atoms. The van der Waals surface area contributed by atoms with Gasteiger partial charge in [0.1, 0.15) is 0 Å². The first-order chi connectivity index (χ1) is 7.36. The molecule has 2 heterocycles. The predicted octanol–water partition coefficient (Wildman–Crippen LogP) is 1.00. The van der Waals surface area contributed by atoms with E-state index in [9.17, 15) is 4.79 Å². The zero-order valence-electron chi connectivity index (χ0n) is 8.27. The molecular formula is C11H12N2O2. The van der Waals surface area contributed by atoms with Gasteiger partial charge in [-0.1, -0.05) is 6.07 Å². The normalized spacial score (nSPS) is 17.9. The molecule has 2 rings (SSSR count). The molecule has 1 aliphatic heterocycles. The number of nitrogens with one attached hydrogen (secondary N) is 1. The van der Waals surface area contributed by atoms with Crippen molar-refractivity contribution in [3.63, 3.8) is 0 Å². The van der Waals surface area contributed by atoms with E-state index in [1.165, 1.54) is 0 Å². The summed E-state index contributed by atoms with van der Waals surface area (Å²) in [5, 5.41) is 3.07. The van der Waals surface area contributed by atoms with E-state index in [1.807, 2.05) is 12.1 Å². The number of carbonyl (C=O) groups is 1. The van der Waals surface area contributed by atoms with Crippen molar-refractivity contribution in [3.05, 3.63) is 41.9 Å². The number of ether oxygens (including phenoxy) is 1. The van der Waals surface area contributed by atoms with E-state index < -0.39 is 0 Å². The van der Waals surface area contributed by atoms with Crippen LogP contribution in [0.3, 0.4) is 0 Å². The van der Waals surface area contributed by atoms with Crippen molar-refractivity contribution < 1.29 is 9.53 Å². The number of carbonyl (C=O) groups excluding carboxylic acids is 1. The Hall–Kier alpha value is -1.84. The van der Waals surface area contributed by atoms with Gasteiger partial charge in [0.15, 0.2) is 0 Å². The minimum atomic E-state index is -0.214. The van der Waals surface area contributed by atoms with Crippen molar-refractivity contribution in [3.8, 4) is 0 Å². The molecule has 0 aromatic carbocycles. The van der Waals surface area contributed by atoms with Crippen LogP contribution in [0.15, 0.2) is 36.3 Å². The first kappa shape index (κ1) is 9.71. The number of cyclic esters (lactones) is 1. The Labute approximate surface area is 88.0 Å². The summed E-state index contributed by atoms with van der Waals surface area (Å²) < 4.78 is 4.81. The lowest BCUT2D eigenvalue weighted by atomic mass is 10.2. The number of esters is 1. The zero-order chi connectivity index (χ0) is 10.5. The van der Waals surface area contributed by atoms with Gasteiger partial charge in [-0.25, -0.2) is 4.79 Å². The second-order valence-electron chi connectivity index (χ2n) is 3.30. The SMILES string of the molecule is O=C1OCC/C1=C/NCc1cccnc1. The molecule has 0 atom stereocenters. The van der Waals surface area contributed by atoms with E-state index >= 15 is 0 Å². The highest BCUT2D eigenvalue weighted by Gasteiger charge is 2.17. The van der Waals surface area contributed by atoms with Crippen molar-refractivity contribution in [2.24, 2.45) is 0 Å². The number of aromatic nitrogens is 1. The summed E-state index contributed by atoms with van der Waals surface area (Å²) in [4.78, 5) is 15.1. The molecule has 1 N–H and O–H groups in total. The van der Waals surface area contributed by atoms with Crippen LogP contribution in [-0.2, 0) is 16.1 Å². The molecule has 0 amide bonds. The Morgan fingerprint density at radius 3 is 3.20 bits per heavy atom. The van der Waals surface area contributed by atoms with E-state index in [-0.39, 0.29) is 5.97 Å². The molecule has 0 bridgehead atoms. The van der Waals surface area contributed by atoms with Gasteiger partial charge < -0.3 is 10.1 Å². The molecule has 1 aromatic heterocycles. The second kappa shape index (κ2) is 4.59. The fourth-order valence-electron chi connectivity index (χ4n) is 1.37. The Bertz CT molecular complexity index is 373. The average molecular weight is 204 g/mol. The van der Waals surface area contributed by atoms with Gasteiger partial charge in [0.25, 0.3) is 0 Å². The highest BCUT2D eigenvalue weighted by molar-refractivity contribution is 5.90. The molecule has 1 saturated heterocycles. The standard InChI is InChI=1S/C11H12N2O2/c14-11-10(3-5-15-11)8-13-7-9-2-1-4-12-6-9/h1-2,4,6,8,13H,3,5,7H2/b10-8-. The summed E-state index contributed by atoms with van der Waals surface area (Å²) in [7, 11) is 0. The highest BCUT2D eigenvalue weighted by Crippen LogP contribution is 2.11. The molecule has 0 saturated carbocycles. The third-order valence-electron chi connectivity index (χ3n) is 2.17. The summed E-state index contributed by atoms with van der Waals surface area (Å²) in [5.74, 6) is -0.214. The smallest absolute Gasteiger partial charge is 0.335 e. The van der Waals surface area contributed by atoms with Gasteiger partial charge in [0.05, 0.1) is 12.2 Å². The molecular weight excluding hydrogens is 192 g/mol. The molecule has 0 radical (unpaired) electrons. The van der Waals surface area contributed by atoms with Crippen LogP contribution in [-0.4, -0.2) is 17.6 Å². The van der Waals surface area contributed by atoms with Crippen LogP contribution in [0, 0.1) is 0 Å². The lowest BCUT2D eigenvalue weighted by Gasteiger charge is -2.00. The van der Waals surface area contributed by atoms with Crippen LogP contribution in [0.25, 0.3) is 0 Å². The molecule has 1 aliphatic rings. The van der Waals surface area contributed by atoms with E-state index in [0.29, 0.717) is 25.1 Å². The van der Waals surface area contributed by atoms with E-state index in [1.54, 1.807) is 18.6 Å². The highest BCUT2D eigenvalue weighted by atomic mass is 16.5. The molecule has 78 valence electrons. The van der Waals surface area contributed by atoms with Crippen LogP contribution < -0.4 is 5.32 Å². The number of hydrogen-bond acceptors (Lipinski definition) is 4. The largest absolute Gasteiger partial charge is 0.462 e. The van der Waals surface area contributed by atoms with Gasteiger partial charge in [-0.15, -0.1) is 0 Å². The number of nitrogens with zero attached hydrogens (tertiary/aromatic N) is 1. The van der Waals surface area contributed by atoms with Crippen molar-refractivity contribution in [1.29, 1.82) is 0 Å². The lowest BCUT2D eigenvalue weighted by Crippen LogP contribution is -2.08. The van der Waals surface area contributed by atoms with Crippen LogP contribution in [0.5, 0.6) is 0 Å². The van der Waals surface area contributed by atoms with Gasteiger partial charge in [0, 0.05) is 31.6 Å². The first-order valence-electron chi connectivity index (χ1n) is 4.85. The third-order valence-corrected chi connectivity index (χ3v) is 2.17. The molecule has 1 fully saturated rings. The van der Waals surface area contributed by atoms with Crippen molar-refractivity contribution in [2.45, 2.75) is 13.0 Å². The quantitative estimate of drug-likeness (QED) is 0.589. The predicted molar refractivity (Wildman–Crippen MR) is 54.7 cm³/mol. The van der Waals surface area contributed by atoms with Crippen molar-refractivity contribution in [2.75, 3.05) is 6.61 Å². The topological polar surface area (TPSA) is 51.2 Å².